The van der Waals surface area contributed by atoms with Gasteiger partial charge in [0.05, 0.1) is 6.42 Å². The lowest BCUT2D eigenvalue weighted by atomic mass is 9.96. The fourth-order valence-electron chi connectivity index (χ4n) is 3.71. The summed E-state index contributed by atoms with van der Waals surface area (Å²) < 4.78 is 5.24. The number of hydrogen-bond acceptors (Lipinski definition) is 4. The van der Waals surface area contributed by atoms with Gasteiger partial charge in [-0.25, -0.2) is 0 Å². The normalized spacial score (nSPS) is 17.6. The fourth-order valence-corrected chi connectivity index (χ4v) is 3.71. The third-order valence-electron chi connectivity index (χ3n) is 5.15. The number of nitrogens with zero attached hydrogens (tertiary/aromatic N) is 3. The quantitative estimate of drug-likeness (QED) is 0.720. The molecule has 4 rings (SSSR count). The van der Waals surface area contributed by atoms with Crippen LogP contribution in [-0.2, 0) is 17.6 Å². The van der Waals surface area contributed by atoms with E-state index in [9.17, 15) is 4.79 Å². The van der Waals surface area contributed by atoms with Crippen molar-refractivity contribution in [2.45, 2.75) is 38.5 Å². The van der Waals surface area contributed by atoms with E-state index < -0.39 is 0 Å². The van der Waals surface area contributed by atoms with Crippen LogP contribution < -0.4 is 0 Å². The number of aryl methyl sites for hydroxylation is 1. The first-order valence-electron chi connectivity index (χ1n) is 9.31. The molecule has 1 fully saturated rings. The van der Waals surface area contributed by atoms with Gasteiger partial charge in [-0.2, -0.15) is 4.98 Å². The number of piperidine rings is 1. The molecule has 134 valence electrons. The third-order valence-corrected chi connectivity index (χ3v) is 5.15. The lowest BCUT2D eigenvalue weighted by Gasteiger charge is -2.31. The molecule has 0 unspecified atom stereocenters. The molecule has 5 heteroatoms. The van der Waals surface area contributed by atoms with Crippen molar-refractivity contribution in [2.75, 3.05) is 13.1 Å². The average Bonchev–Trinajstić information content (AvgIpc) is 3.18. The molecule has 0 saturated carbocycles. The first-order chi connectivity index (χ1) is 12.7. The van der Waals surface area contributed by atoms with Gasteiger partial charge in [0.2, 0.25) is 11.8 Å². The van der Waals surface area contributed by atoms with E-state index in [1.165, 1.54) is 5.39 Å². The molecule has 0 N–H and O–H groups in total. The van der Waals surface area contributed by atoms with E-state index in [0.29, 0.717) is 18.9 Å². The van der Waals surface area contributed by atoms with Crippen molar-refractivity contribution in [3.05, 3.63) is 59.7 Å². The van der Waals surface area contributed by atoms with Gasteiger partial charge < -0.3 is 9.42 Å². The molecule has 1 aliphatic heterocycles. The molecular formula is C21H23N3O2. The number of carbonyl (C=O) groups excluding carboxylic acids is 1. The zero-order valence-electron chi connectivity index (χ0n) is 15.0. The van der Waals surface area contributed by atoms with E-state index in [1.54, 1.807) is 0 Å². The molecule has 1 atom stereocenters. The highest BCUT2D eigenvalue weighted by Gasteiger charge is 2.28. The molecule has 1 aliphatic rings. The zero-order chi connectivity index (χ0) is 17.9. The Morgan fingerprint density at radius 3 is 2.92 bits per heavy atom. The highest BCUT2D eigenvalue weighted by molar-refractivity contribution is 5.90. The molecule has 1 amide bonds. The molecule has 0 radical (unpaired) electrons. The topological polar surface area (TPSA) is 59.2 Å². The van der Waals surface area contributed by atoms with E-state index in [-0.39, 0.29) is 11.8 Å². The Kier molecular flexibility index (Phi) is 4.69. The SMILES string of the molecule is CCc1nc([C@H]2CCCN(C(=O)Cc3cccc4ccccc34)C2)no1. The highest BCUT2D eigenvalue weighted by atomic mass is 16.5. The van der Waals surface area contributed by atoms with Crippen LogP contribution in [0.1, 0.15) is 43.0 Å². The molecule has 5 nitrogen and oxygen atoms in total. The lowest BCUT2D eigenvalue weighted by Crippen LogP contribution is -2.40. The summed E-state index contributed by atoms with van der Waals surface area (Å²) in [4.78, 5) is 19.3. The summed E-state index contributed by atoms with van der Waals surface area (Å²) in [5, 5.41) is 6.43. The summed E-state index contributed by atoms with van der Waals surface area (Å²) in [7, 11) is 0. The first-order valence-corrected chi connectivity index (χ1v) is 9.31. The van der Waals surface area contributed by atoms with Crippen molar-refractivity contribution in [3.63, 3.8) is 0 Å². The molecule has 1 aromatic heterocycles. The summed E-state index contributed by atoms with van der Waals surface area (Å²) >= 11 is 0. The van der Waals surface area contributed by atoms with Crippen LogP contribution in [0.15, 0.2) is 47.0 Å². The molecule has 1 saturated heterocycles. The van der Waals surface area contributed by atoms with Crippen LogP contribution in [0.2, 0.25) is 0 Å². The minimum atomic E-state index is 0.171. The van der Waals surface area contributed by atoms with Gasteiger partial charge in [0.1, 0.15) is 0 Å². The van der Waals surface area contributed by atoms with Crippen molar-refractivity contribution >= 4 is 16.7 Å². The largest absolute Gasteiger partial charge is 0.342 e. The van der Waals surface area contributed by atoms with Crippen molar-refractivity contribution < 1.29 is 9.32 Å². The summed E-state index contributed by atoms with van der Waals surface area (Å²) in [6.45, 7) is 3.48. The Labute approximate surface area is 153 Å². The predicted molar refractivity (Wildman–Crippen MR) is 99.9 cm³/mol. The Hall–Kier alpha value is -2.69. The number of benzene rings is 2. The average molecular weight is 349 g/mol. The Bertz CT molecular complexity index is 913. The van der Waals surface area contributed by atoms with Crippen LogP contribution in [0.25, 0.3) is 10.8 Å². The second-order valence-electron chi connectivity index (χ2n) is 6.89. The van der Waals surface area contributed by atoms with Crippen LogP contribution in [0.3, 0.4) is 0 Å². The van der Waals surface area contributed by atoms with Gasteiger partial charge in [0, 0.05) is 25.4 Å². The van der Waals surface area contributed by atoms with Gasteiger partial charge in [-0.3, -0.25) is 4.79 Å². The maximum absolute atomic E-state index is 12.9. The number of aromatic nitrogens is 2. The van der Waals surface area contributed by atoms with Crippen LogP contribution in [-0.4, -0.2) is 34.0 Å². The molecule has 2 heterocycles. The molecule has 2 aromatic carbocycles. The second-order valence-corrected chi connectivity index (χ2v) is 6.89. The molecule has 0 spiro atoms. The van der Waals surface area contributed by atoms with Gasteiger partial charge in [-0.15, -0.1) is 0 Å². The summed E-state index contributed by atoms with van der Waals surface area (Å²) in [6.07, 6.45) is 3.15. The van der Waals surface area contributed by atoms with Gasteiger partial charge in [0.15, 0.2) is 5.82 Å². The van der Waals surface area contributed by atoms with Gasteiger partial charge in [-0.1, -0.05) is 54.5 Å². The minimum Gasteiger partial charge on any atom is -0.342 e. The summed E-state index contributed by atoms with van der Waals surface area (Å²) in [5.74, 6) is 1.75. The Balaban J connectivity index is 1.49. The summed E-state index contributed by atoms with van der Waals surface area (Å²) in [5.41, 5.74) is 1.09. The number of fused-ring (bicyclic) bond motifs is 1. The second kappa shape index (κ2) is 7.28. The predicted octanol–water partition coefficient (Wildman–Crippen LogP) is 3.73. The van der Waals surface area contributed by atoms with Gasteiger partial charge >= 0.3 is 0 Å². The highest BCUT2D eigenvalue weighted by Crippen LogP contribution is 2.26. The number of rotatable bonds is 4. The zero-order valence-corrected chi connectivity index (χ0v) is 15.0. The Morgan fingerprint density at radius 2 is 2.08 bits per heavy atom. The number of amides is 1. The number of hydrogen-bond donors (Lipinski definition) is 0. The van der Waals surface area contributed by atoms with Crippen molar-refractivity contribution in [1.29, 1.82) is 0 Å². The molecule has 0 aliphatic carbocycles. The first kappa shape index (κ1) is 16.8. The van der Waals surface area contributed by atoms with Crippen LogP contribution in [0.5, 0.6) is 0 Å². The third kappa shape index (κ3) is 3.34. The lowest BCUT2D eigenvalue weighted by molar-refractivity contribution is -0.131. The van der Waals surface area contributed by atoms with E-state index in [4.69, 9.17) is 4.52 Å². The number of carbonyl (C=O) groups is 1. The number of likely N-dealkylation sites (tertiary alicyclic amines) is 1. The van der Waals surface area contributed by atoms with Crippen molar-refractivity contribution in [1.82, 2.24) is 15.0 Å². The van der Waals surface area contributed by atoms with Crippen LogP contribution in [0.4, 0.5) is 0 Å². The van der Waals surface area contributed by atoms with E-state index in [2.05, 4.69) is 28.3 Å². The standard InChI is InChI=1S/C21H23N3O2/c1-2-19-22-21(23-26-19)17-10-6-12-24(14-17)20(25)13-16-9-5-8-15-7-3-4-11-18(15)16/h3-5,7-9,11,17H,2,6,10,12-14H2,1H3/t17-/m0/s1. The van der Waals surface area contributed by atoms with E-state index in [1.807, 2.05) is 36.1 Å². The molecule has 0 bridgehead atoms. The van der Waals surface area contributed by atoms with Crippen LogP contribution >= 0.6 is 0 Å². The monoisotopic (exact) mass is 349 g/mol. The molecule has 26 heavy (non-hydrogen) atoms. The molecule has 3 aromatic rings. The maximum Gasteiger partial charge on any atom is 0.227 e. The molecular weight excluding hydrogens is 326 g/mol. The van der Waals surface area contributed by atoms with Crippen LogP contribution in [0, 0.1) is 0 Å². The van der Waals surface area contributed by atoms with E-state index in [0.717, 1.165) is 42.6 Å². The van der Waals surface area contributed by atoms with Crippen molar-refractivity contribution in [2.24, 2.45) is 0 Å². The fraction of sp³-hybridized carbons (Fsp3) is 0.381. The van der Waals surface area contributed by atoms with E-state index >= 15 is 0 Å². The van der Waals surface area contributed by atoms with Gasteiger partial charge in [-0.05, 0) is 29.2 Å². The smallest absolute Gasteiger partial charge is 0.227 e. The van der Waals surface area contributed by atoms with Crippen molar-refractivity contribution in [3.8, 4) is 0 Å². The Morgan fingerprint density at radius 1 is 1.23 bits per heavy atom. The van der Waals surface area contributed by atoms with Gasteiger partial charge in [0.25, 0.3) is 0 Å². The summed E-state index contributed by atoms with van der Waals surface area (Å²) in [6, 6.07) is 14.4. The maximum atomic E-state index is 12.9. The minimum absolute atomic E-state index is 0.171.